The average Bonchev–Trinajstić information content (AvgIpc) is 2.64. The molecule has 0 unspecified atom stereocenters. The number of amides is 1. The molecule has 2 aromatic carbocycles. The Labute approximate surface area is 160 Å². The zero-order valence-corrected chi connectivity index (χ0v) is 15.6. The van der Waals surface area contributed by atoms with Gasteiger partial charge in [0.15, 0.2) is 0 Å². The molecule has 27 heavy (non-hydrogen) atoms. The van der Waals surface area contributed by atoms with E-state index in [2.05, 4.69) is 5.32 Å². The Balaban J connectivity index is 2.22. The summed E-state index contributed by atoms with van der Waals surface area (Å²) in [7, 11) is 3.00. The zero-order valence-electron chi connectivity index (χ0n) is 14.9. The van der Waals surface area contributed by atoms with Gasteiger partial charge in [0.25, 0.3) is 11.6 Å². The van der Waals surface area contributed by atoms with Crippen LogP contribution in [0.5, 0.6) is 0 Å². The molecule has 0 radical (unpaired) electrons. The maximum atomic E-state index is 13.9. The van der Waals surface area contributed by atoms with Crippen molar-refractivity contribution in [3.63, 3.8) is 0 Å². The SMILES string of the molecule is COCCNc1ccc(C(=O)N(C)Cc2c(F)cccc2Cl)cc1[N+](=O)[O-]. The van der Waals surface area contributed by atoms with Gasteiger partial charge >= 0.3 is 0 Å². The van der Waals surface area contributed by atoms with Crippen molar-refractivity contribution in [2.75, 3.05) is 32.6 Å². The third-order valence-electron chi connectivity index (χ3n) is 3.87. The van der Waals surface area contributed by atoms with Gasteiger partial charge in [-0.1, -0.05) is 17.7 Å². The van der Waals surface area contributed by atoms with E-state index >= 15 is 0 Å². The average molecular weight is 396 g/mol. The Bertz CT molecular complexity index is 827. The van der Waals surface area contributed by atoms with Gasteiger partial charge in [0.2, 0.25) is 0 Å². The minimum Gasteiger partial charge on any atom is -0.383 e. The molecule has 2 aromatic rings. The van der Waals surface area contributed by atoms with Gasteiger partial charge in [-0.25, -0.2) is 4.39 Å². The highest BCUT2D eigenvalue weighted by Crippen LogP contribution is 2.27. The molecule has 0 aromatic heterocycles. The highest BCUT2D eigenvalue weighted by atomic mass is 35.5. The van der Waals surface area contributed by atoms with Crippen LogP contribution in [0.2, 0.25) is 5.02 Å². The molecule has 1 amide bonds. The monoisotopic (exact) mass is 395 g/mol. The normalized spacial score (nSPS) is 10.5. The summed E-state index contributed by atoms with van der Waals surface area (Å²) in [5.41, 5.74) is 0.360. The van der Waals surface area contributed by atoms with E-state index in [4.69, 9.17) is 16.3 Å². The highest BCUT2D eigenvalue weighted by Gasteiger charge is 2.21. The number of carbonyl (C=O) groups excluding carboxylic acids is 1. The molecule has 0 saturated carbocycles. The lowest BCUT2D eigenvalue weighted by Crippen LogP contribution is -2.27. The first kappa shape index (κ1) is 20.6. The van der Waals surface area contributed by atoms with E-state index in [1.165, 1.54) is 55.5 Å². The largest absolute Gasteiger partial charge is 0.383 e. The van der Waals surface area contributed by atoms with Crippen LogP contribution in [0.15, 0.2) is 36.4 Å². The van der Waals surface area contributed by atoms with Crippen LogP contribution in [0.4, 0.5) is 15.8 Å². The van der Waals surface area contributed by atoms with Crippen LogP contribution < -0.4 is 5.32 Å². The number of rotatable bonds is 8. The van der Waals surface area contributed by atoms with Crippen molar-refractivity contribution in [1.29, 1.82) is 0 Å². The van der Waals surface area contributed by atoms with Crippen LogP contribution in [0, 0.1) is 15.9 Å². The van der Waals surface area contributed by atoms with E-state index in [9.17, 15) is 19.3 Å². The maximum Gasteiger partial charge on any atom is 0.293 e. The number of nitro benzene ring substituents is 1. The highest BCUT2D eigenvalue weighted by molar-refractivity contribution is 6.31. The molecule has 0 aliphatic carbocycles. The predicted molar refractivity (Wildman–Crippen MR) is 101 cm³/mol. The molecule has 0 aliphatic heterocycles. The number of nitrogens with one attached hydrogen (secondary N) is 1. The first-order chi connectivity index (χ1) is 12.8. The number of hydrogen-bond acceptors (Lipinski definition) is 5. The molecule has 1 N–H and O–H groups in total. The Morgan fingerprint density at radius 1 is 1.37 bits per heavy atom. The van der Waals surface area contributed by atoms with Gasteiger partial charge in [-0.05, 0) is 24.3 Å². The fourth-order valence-electron chi connectivity index (χ4n) is 2.47. The summed E-state index contributed by atoms with van der Waals surface area (Å²) in [6.07, 6.45) is 0. The van der Waals surface area contributed by atoms with Crippen LogP contribution in [0.1, 0.15) is 15.9 Å². The van der Waals surface area contributed by atoms with E-state index in [0.717, 1.165) is 0 Å². The van der Waals surface area contributed by atoms with E-state index in [-0.39, 0.29) is 34.1 Å². The molecule has 2 rings (SSSR count). The lowest BCUT2D eigenvalue weighted by molar-refractivity contribution is -0.384. The molecule has 0 fully saturated rings. The second-order valence-corrected chi connectivity index (χ2v) is 6.18. The molecule has 0 bridgehead atoms. The van der Waals surface area contributed by atoms with Gasteiger partial charge in [0.05, 0.1) is 11.5 Å². The summed E-state index contributed by atoms with van der Waals surface area (Å²) in [5.74, 6) is -1.01. The second-order valence-electron chi connectivity index (χ2n) is 5.77. The van der Waals surface area contributed by atoms with Crippen molar-refractivity contribution in [3.05, 3.63) is 68.5 Å². The van der Waals surface area contributed by atoms with Gasteiger partial charge in [-0.3, -0.25) is 14.9 Å². The first-order valence-corrected chi connectivity index (χ1v) is 8.42. The Kier molecular flexibility index (Phi) is 7.09. The number of nitrogens with zero attached hydrogens (tertiary/aromatic N) is 2. The van der Waals surface area contributed by atoms with E-state index < -0.39 is 16.6 Å². The number of anilines is 1. The maximum absolute atomic E-state index is 13.9. The van der Waals surface area contributed by atoms with Crippen molar-refractivity contribution < 1.29 is 18.8 Å². The van der Waals surface area contributed by atoms with Crippen molar-refractivity contribution in [2.45, 2.75) is 6.54 Å². The number of methoxy groups -OCH3 is 1. The van der Waals surface area contributed by atoms with Crippen molar-refractivity contribution in [3.8, 4) is 0 Å². The van der Waals surface area contributed by atoms with Crippen LogP contribution >= 0.6 is 11.6 Å². The number of benzene rings is 2. The topological polar surface area (TPSA) is 84.7 Å². The predicted octanol–water partition coefficient (Wildman–Crippen LogP) is 3.72. The summed E-state index contributed by atoms with van der Waals surface area (Å²) in [4.78, 5) is 24.6. The summed E-state index contributed by atoms with van der Waals surface area (Å²) in [6.45, 7) is 0.701. The summed E-state index contributed by atoms with van der Waals surface area (Å²) in [6, 6.07) is 8.39. The van der Waals surface area contributed by atoms with E-state index in [0.29, 0.717) is 13.2 Å². The van der Waals surface area contributed by atoms with Gasteiger partial charge < -0.3 is 15.0 Å². The number of ether oxygens (including phenoxy) is 1. The number of nitro groups is 1. The molecular weight excluding hydrogens is 377 g/mol. The molecule has 0 aliphatic rings. The van der Waals surface area contributed by atoms with E-state index in [1.807, 2.05) is 0 Å². The minimum absolute atomic E-state index is 0.0635. The smallest absolute Gasteiger partial charge is 0.293 e. The van der Waals surface area contributed by atoms with Crippen molar-refractivity contribution in [1.82, 2.24) is 4.90 Å². The van der Waals surface area contributed by atoms with E-state index in [1.54, 1.807) is 0 Å². The summed E-state index contributed by atoms with van der Waals surface area (Å²) < 4.78 is 18.8. The van der Waals surface area contributed by atoms with Gasteiger partial charge in [0, 0.05) is 49.5 Å². The minimum atomic E-state index is -0.570. The lowest BCUT2D eigenvalue weighted by Gasteiger charge is -2.19. The van der Waals surface area contributed by atoms with Gasteiger partial charge in [-0.2, -0.15) is 0 Å². The van der Waals surface area contributed by atoms with Gasteiger partial charge in [-0.15, -0.1) is 0 Å². The van der Waals surface area contributed by atoms with Crippen LogP contribution in [0.25, 0.3) is 0 Å². The molecule has 9 heteroatoms. The Morgan fingerprint density at radius 2 is 2.11 bits per heavy atom. The Hall–Kier alpha value is -2.71. The van der Waals surface area contributed by atoms with Crippen LogP contribution in [-0.2, 0) is 11.3 Å². The standard InChI is InChI=1S/C18H19ClFN3O4/c1-22(11-13-14(19)4-3-5-15(13)20)18(24)12-6-7-16(21-8-9-27-2)17(10-12)23(25)26/h3-7,10,21H,8-9,11H2,1-2H3. The first-order valence-electron chi connectivity index (χ1n) is 8.04. The zero-order chi connectivity index (χ0) is 20.0. The summed E-state index contributed by atoms with van der Waals surface area (Å²) >= 11 is 5.99. The lowest BCUT2D eigenvalue weighted by atomic mass is 10.1. The van der Waals surface area contributed by atoms with Crippen molar-refractivity contribution >= 4 is 28.9 Å². The molecule has 0 atom stereocenters. The van der Waals surface area contributed by atoms with Gasteiger partial charge in [0.1, 0.15) is 11.5 Å². The van der Waals surface area contributed by atoms with Crippen LogP contribution in [0.3, 0.4) is 0 Å². The third-order valence-corrected chi connectivity index (χ3v) is 4.22. The number of halogens is 2. The Morgan fingerprint density at radius 3 is 2.74 bits per heavy atom. The number of carbonyl (C=O) groups is 1. The molecule has 0 spiro atoms. The third kappa shape index (κ3) is 5.15. The molecule has 0 saturated heterocycles. The number of hydrogen-bond donors (Lipinski definition) is 1. The summed E-state index contributed by atoms with van der Waals surface area (Å²) in [5, 5.41) is 14.4. The quantitative estimate of drug-likeness (QED) is 0.418. The molecule has 7 nitrogen and oxygen atoms in total. The van der Waals surface area contributed by atoms with Crippen LogP contribution in [-0.4, -0.2) is 43.0 Å². The fraction of sp³-hybridized carbons (Fsp3) is 0.278. The molecule has 0 heterocycles. The van der Waals surface area contributed by atoms with Crippen molar-refractivity contribution in [2.24, 2.45) is 0 Å². The molecular formula is C18H19ClFN3O4. The second kappa shape index (κ2) is 9.29. The fourth-order valence-corrected chi connectivity index (χ4v) is 2.69. The molecule has 144 valence electrons.